The molecule has 1 aromatic carbocycles. The smallest absolute Gasteiger partial charge is 0.333 e. The number of benzene rings is 1. The zero-order chi connectivity index (χ0) is 15.6. The van der Waals surface area contributed by atoms with E-state index in [4.69, 9.17) is 0 Å². The topological polar surface area (TPSA) is 78.9 Å². The maximum Gasteiger partial charge on any atom is 0.333 e. The Labute approximate surface area is 134 Å². The van der Waals surface area contributed by atoms with Crippen molar-refractivity contribution in [2.75, 3.05) is 17.7 Å². The van der Waals surface area contributed by atoms with Crippen molar-refractivity contribution in [2.24, 2.45) is 0 Å². The number of urea groups is 1. The number of hydrazine groups is 1. The Morgan fingerprint density at radius 1 is 1.18 bits per heavy atom. The van der Waals surface area contributed by atoms with Gasteiger partial charge in [-0.25, -0.2) is 20.2 Å². The fourth-order valence-electron chi connectivity index (χ4n) is 1.63. The van der Waals surface area contributed by atoms with Crippen LogP contribution < -0.4 is 16.2 Å². The molecule has 0 saturated carbocycles. The lowest BCUT2D eigenvalue weighted by Gasteiger charge is -2.08. The zero-order valence-electron chi connectivity index (χ0n) is 12.4. The Kier molecular flexibility index (Phi) is 6.50. The van der Waals surface area contributed by atoms with Crippen LogP contribution in [0.4, 0.5) is 10.7 Å². The molecule has 7 heteroatoms. The second-order valence-corrected chi connectivity index (χ2v) is 5.72. The van der Waals surface area contributed by atoms with Crippen LogP contribution in [0, 0.1) is 6.92 Å². The van der Waals surface area contributed by atoms with Crippen LogP contribution in [0.25, 0.3) is 0 Å². The van der Waals surface area contributed by atoms with Gasteiger partial charge in [0.25, 0.3) is 0 Å². The number of amides is 2. The highest BCUT2D eigenvalue weighted by molar-refractivity contribution is 7.98. The average molecular weight is 317 g/mol. The van der Waals surface area contributed by atoms with Gasteiger partial charge in [-0.05, 0) is 18.6 Å². The van der Waals surface area contributed by atoms with E-state index in [-0.39, 0.29) is 6.03 Å². The standard InChI is InChI=1S/C15H19N5OS/c1-12-3-5-13(6-4-12)11-22-10-9-18-15(21)20-19-14-16-7-2-8-17-14/h2-8H,9-11H2,1H3,(H,16,17,19)(H2,18,20,21). The number of aryl methyl sites for hydroxylation is 1. The summed E-state index contributed by atoms with van der Waals surface area (Å²) in [6.07, 6.45) is 3.19. The van der Waals surface area contributed by atoms with Gasteiger partial charge in [0.15, 0.2) is 0 Å². The van der Waals surface area contributed by atoms with Crippen LogP contribution in [0.5, 0.6) is 0 Å². The Bertz CT molecular complexity index is 576. The van der Waals surface area contributed by atoms with Crippen molar-refractivity contribution in [3.8, 4) is 0 Å². The highest BCUT2D eigenvalue weighted by atomic mass is 32.2. The van der Waals surface area contributed by atoms with E-state index in [2.05, 4.69) is 57.3 Å². The van der Waals surface area contributed by atoms with E-state index >= 15 is 0 Å². The molecule has 2 aromatic rings. The number of anilines is 1. The van der Waals surface area contributed by atoms with Gasteiger partial charge in [0.2, 0.25) is 5.95 Å². The monoisotopic (exact) mass is 317 g/mol. The lowest BCUT2D eigenvalue weighted by atomic mass is 10.2. The summed E-state index contributed by atoms with van der Waals surface area (Å²) in [4.78, 5) is 19.4. The fourth-order valence-corrected chi connectivity index (χ4v) is 2.45. The molecule has 0 aliphatic rings. The van der Waals surface area contributed by atoms with Crippen LogP contribution in [-0.4, -0.2) is 28.3 Å². The van der Waals surface area contributed by atoms with Gasteiger partial charge in [-0.15, -0.1) is 0 Å². The molecule has 0 aliphatic heterocycles. The van der Waals surface area contributed by atoms with E-state index in [0.717, 1.165) is 11.5 Å². The molecule has 0 radical (unpaired) electrons. The van der Waals surface area contributed by atoms with Crippen LogP contribution in [0.3, 0.4) is 0 Å². The van der Waals surface area contributed by atoms with Gasteiger partial charge >= 0.3 is 6.03 Å². The van der Waals surface area contributed by atoms with E-state index < -0.39 is 0 Å². The predicted molar refractivity (Wildman–Crippen MR) is 89.5 cm³/mol. The van der Waals surface area contributed by atoms with Crippen molar-refractivity contribution in [1.29, 1.82) is 0 Å². The summed E-state index contributed by atoms with van der Waals surface area (Å²) in [6, 6.07) is 9.88. The van der Waals surface area contributed by atoms with E-state index in [1.807, 2.05) is 0 Å². The molecule has 0 spiro atoms. The first-order valence-electron chi connectivity index (χ1n) is 6.94. The summed E-state index contributed by atoms with van der Waals surface area (Å²) in [5, 5.41) is 2.76. The minimum Gasteiger partial charge on any atom is -0.336 e. The lowest BCUT2D eigenvalue weighted by Crippen LogP contribution is -2.40. The van der Waals surface area contributed by atoms with Gasteiger partial charge in [-0.2, -0.15) is 11.8 Å². The van der Waals surface area contributed by atoms with Crippen molar-refractivity contribution in [2.45, 2.75) is 12.7 Å². The molecule has 0 aliphatic carbocycles. The van der Waals surface area contributed by atoms with Crippen molar-refractivity contribution < 1.29 is 4.79 Å². The Hall–Kier alpha value is -2.28. The Morgan fingerprint density at radius 2 is 1.91 bits per heavy atom. The van der Waals surface area contributed by atoms with Crippen molar-refractivity contribution in [3.05, 3.63) is 53.9 Å². The van der Waals surface area contributed by atoms with Crippen molar-refractivity contribution in [3.63, 3.8) is 0 Å². The molecule has 3 N–H and O–H groups in total. The molecule has 0 atom stereocenters. The Balaban J connectivity index is 1.54. The number of rotatable bonds is 7. The molecule has 0 fully saturated rings. The Morgan fingerprint density at radius 3 is 2.64 bits per heavy atom. The third kappa shape index (κ3) is 6.01. The largest absolute Gasteiger partial charge is 0.336 e. The van der Waals surface area contributed by atoms with Gasteiger partial charge in [0.1, 0.15) is 0 Å². The van der Waals surface area contributed by atoms with Gasteiger partial charge < -0.3 is 5.32 Å². The van der Waals surface area contributed by atoms with Crippen molar-refractivity contribution >= 4 is 23.7 Å². The molecule has 1 heterocycles. The number of nitrogens with zero attached hydrogens (tertiary/aromatic N) is 2. The summed E-state index contributed by atoms with van der Waals surface area (Å²) in [7, 11) is 0. The maximum absolute atomic E-state index is 11.5. The van der Waals surface area contributed by atoms with E-state index in [9.17, 15) is 4.79 Å². The van der Waals surface area contributed by atoms with E-state index in [0.29, 0.717) is 12.5 Å². The number of carbonyl (C=O) groups excluding carboxylic acids is 1. The van der Waals surface area contributed by atoms with Gasteiger partial charge in [0, 0.05) is 30.4 Å². The van der Waals surface area contributed by atoms with E-state index in [1.165, 1.54) is 11.1 Å². The molecular formula is C15H19N5OS. The second kappa shape index (κ2) is 8.89. The zero-order valence-corrected chi connectivity index (χ0v) is 13.2. The number of carbonyl (C=O) groups is 1. The average Bonchev–Trinajstić information content (AvgIpc) is 2.55. The van der Waals surface area contributed by atoms with Crippen LogP contribution >= 0.6 is 11.8 Å². The van der Waals surface area contributed by atoms with Gasteiger partial charge in [-0.1, -0.05) is 29.8 Å². The molecule has 0 bridgehead atoms. The van der Waals surface area contributed by atoms with Crippen LogP contribution in [-0.2, 0) is 5.75 Å². The highest BCUT2D eigenvalue weighted by Crippen LogP contribution is 2.12. The SMILES string of the molecule is Cc1ccc(CSCCNC(=O)NNc2ncccn2)cc1. The number of nitrogens with one attached hydrogen (secondary N) is 3. The quantitative estimate of drug-likeness (QED) is 0.539. The third-order valence-corrected chi connectivity index (χ3v) is 3.81. The summed E-state index contributed by atoms with van der Waals surface area (Å²) >= 11 is 1.78. The summed E-state index contributed by atoms with van der Waals surface area (Å²) in [5.74, 6) is 2.15. The number of thioether (sulfide) groups is 1. The molecule has 0 unspecified atom stereocenters. The second-order valence-electron chi connectivity index (χ2n) is 4.62. The van der Waals surface area contributed by atoms with Crippen molar-refractivity contribution in [1.82, 2.24) is 20.7 Å². The lowest BCUT2D eigenvalue weighted by molar-refractivity contribution is 0.243. The summed E-state index contributed by atoms with van der Waals surface area (Å²) in [5.41, 5.74) is 7.66. The minimum atomic E-state index is -0.302. The number of hydrogen-bond acceptors (Lipinski definition) is 5. The number of hydrogen-bond donors (Lipinski definition) is 3. The van der Waals surface area contributed by atoms with Crippen LogP contribution in [0.15, 0.2) is 42.7 Å². The molecule has 116 valence electrons. The summed E-state index contributed by atoms with van der Waals surface area (Å²) < 4.78 is 0. The van der Waals surface area contributed by atoms with Gasteiger partial charge in [-0.3, -0.25) is 5.43 Å². The first kappa shape index (κ1) is 16.1. The normalized spacial score (nSPS) is 10.0. The molecule has 1 aromatic heterocycles. The maximum atomic E-state index is 11.5. The number of aromatic nitrogens is 2. The molecule has 2 rings (SSSR count). The highest BCUT2D eigenvalue weighted by Gasteiger charge is 2.00. The predicted octanol–water partition coefficient (Wildman–Crippen LogP) is 2.34. The third-order valence-electron chi connectivity index (χ3n) is 2.77. The fraction of sp³-hybridized carbons (Fsp3) is 0.267. The molecular weight excluding hydrogens is 298 g/mol. The molecule has 2 amide bonds. The minimum absolute atomic E-state index is 0.302. The summed E-state index contributed by atoms with van der Waals surface area (Å²) in [6.45, 7) is 2.67. The van der Waals surface area contributed by atoms with Gasteiger partial charge in [0.05, 0.1) is 0 Å². The first-order chi connectivity index (χ1) is 10.7. The first-order valence-corrected chi connectivity index (χ1v) is 8.09. The molecule has 6 nitrogen and oxygen atoms in total. The molecule has 22 heavy (non-hydrogen) atoms. The van der Waals surface area contributed by atoms with E-state index in [1.54, 1.807) is 30.2 Å². The molecule has 0 saturated heterocycles. The van der Waals surface area contributed by atoms with Crippen LogP contribution in [0.1, 0.15) is 11.1 Å². The van der Waals surface area contributed by atoms with Crippen LogP contribution in [0.2, 0.25) is 0 Å².